The van der Waals surface area contributed by atoms with Gasteiger partial charge in [0.15, 0.2) is 0 Å². The van der Waals surface area contributed by atoms with Crippen molar-refractivity contribution in [2.75, 3.05) is 0 Å². The molecule has 0 aromatic rings. The van der Waals surface area contributed by atoms with Crippen LogP contribution in [0, 0.1) is 45.3 Å². The molecule has 9 atom stereocenters. The van der Waals surface area contributed by atoms with E-state index in [2.05, 4.69) is 13.8 Å². The van der Waals surface area contributed by atoms with Gasteiger partial charge in [0.2, 0.25) is 0 Å². The molecule has 6 saturated carbocycles. The number of aliphatic hydroxyl groups excluding tert-OH is 1. The fourth-order valence-corrected chi connectivity index (χ4v) is 8.77. The van der Waals surface area contributed by atoms with Crippen molar-refractivity contribution in [1.29, 1.82) is 0 Å². The summed E-state index contributed by atoms with van der Waals surface area (Å²) >= 11 is 0. The van der Waals surface area contributed by atoms with Gasteiger partial charge in [0.1, 0.15) is 0 Å². The number of carbonyl (C=O) groups is 1. The Kier molecular flexibility index (Phi) is 2.45. The molecule has 6 aliphatic carbocycles. The van der Waals surface area contributed by atoms with Gasteiger partial charge in [-0.2, -0.15) is 0 Å². The van der Waals surface area contributed by atoms with E-state index in [0.29, 0.717) is 17.8 Å². The molecule has 2 N–H and O–H groups in total. The first-order valence-corrected chi connectivity index (χ1v) is 9.60. The summed E-state index contributed by atoms with van der Waals surface area (Å²) in [4.78, 5) is 12.1. The lowest BCUT2D eigenvalue weighted by molar-refractivity contribution is -0.219. The number of hydrogen-bond acceptors (Lipinski definition) is 2. The molecule has 0 aromatic carbocycles. The van der Waals surface area contributed by atoms with Crippen LogP contribution >= 0.6 is 0 Å². The second-order valence-electron chi connectivity index (χ2n) is 10.5. The molecule has 0 aliphatic heterocycles. The Balaban J connectivity index is 1.60. The quantitative estimate of drug-likeness (QED) is 0.775. The van der Waals surface area contributed by atoms with Crippen molar-refractivity contribution in [1.82, 2.24) is 0 Å². The number of carboxylic acids is 1. The van der Waals surface area contributed by atoms with Gasteiger partial charge in [0, 0.05) is 5.41 Å². The average Bonchev–Trinajstić information content (AvgIpc) is 2.93. The van der Waals surface area contributed by atoms with Crippen molar-refractivity contribution >= 4 is 5.97 Å². The summed E-state index contributed by atoms with van der Waals surface area (Å²) in [7, 11) is 0. The summed E-state index contributed by atoms with van der Waals surface area (Å²) in [6, 6.07) is 0. The molecule has 6 fully saturated rings. The molecule has 1 spiro atoms. The third-order valence-corrected chi connectivity index (χ3v) is 9.95. The second-order valence-corrected chi connectivity index (χ2v) is 10.5. The van der Waals surface area contributed by atoms with Gasteiger partial charge in [-0.15, -0.1) is 0 Å². The fourth-order valence-electron chi connectivity index (χ4n) is 8.77. The second kappa shape index (κ2) is 3.81. The summed E-state index contributed by atoms with van der Waals surface area (Å²) < 4.78 is 0. The molecule has 3 heteroatoms. The van der Waals surface area contributed by atoms with Gasteiger partial charge >= 0.3 is 5.97 Å². The van der Waals surface area contributed by atoms with Gasteiger partial charge in [0.25, 0.3) is 0 Å². The molecule has 23 heavy (non-hydrogen) atoms. The smallest absolute Gasteiger partial charge is 0.309 e. The largest absolute Gasteiger partial charge is 0.481 e. The lowest BCUT2D eigenvalue weighted by atomic mass is 9.39. The fraction of sp³-hybridized carbons (Fsp3) is 0.950. The molecule has 6 aliphatic rings. The first-order valence-electron chi connectivity index (χ1n) is 9.60. The van der Waals surface area contributed by atoms with Crippen LogP contribution in [0.4, 0.5) is 0 Å². The molecule has 0 radical (unpaired) electrons. The summed E-state index contributed by atoms with van der Waals surface area (Å²) in [5, 5.41) is 21.1. The van der Waals surface area contributed by atoms with E-state index in [4.69, 9.17) is 0 Å². The summed E-state index contributed by atoms with van der Waals surface area (Å²) in [6.45, 7) is 6.78. The first-order chi connectivity index (χ1) is 10.7. The number of aliphatic hydroxyl groups is 1. The normalized spacial score (nSPS) is 65.7. The molecular formula is C20H30O3. The zero-order chi connectivity index (χ0) is 16.4. The van der Waals surface area contributed by atoms with Crippen molar-refractivity contribution in [3.8, 4) is 0 Å². The average molecular weight is 318 g/mol. The van der Waals surface area contributed by atoms with Crippen LogP contribution in [-0.2, 0) is 4.79 Å². The predicted molar refractivity (Wildman–Crippen MR) is 86.7 cm³/mol. The van der Waals surface area contributed by atoms with E-state index in [-0.39, 0.29) is 22.9 Å². The third kappa shape index (κ3) is 1.38. The maximum absolute atomic E-state index is 12.1. The van der Waals surface area contributed by atoms with E-state index in [9.17, 15) is 15.0 Å². The topological polar surface area (TPSA) is 57.5 Å². The zero-order valence-corrected chi connectivity index (χ0v) is 14.6. The summed E-state index contributed by atoms with van der Waals surface area (Å²) in [6.07, 6.45) is 7.06. The molecule has 3 nitrogen and oxygen atoms in total. The van der Waals surface area contributed by atoms with Gasteiger partial charge in [0.05, 0.1) is 11.5 Å². The Morgan fingerprint density at radius 3 is 2.35 bits per heavy atom. The van der Waals surface area contributed by atoms with Crippen LogP contribution in [0.5, 0.6) is 0 Å². The maximum atomic E-state index is 12.1. The van der Waals surface area contributed by atoms with Crippen LogP contribution in [0.2, 0.25) is 0 Å². The van der Waals surface area contributed by atoms with Gasteiger partial charge in [-0.3, -0.25) is 4.79 Å². The van der Waals surface area contributed by atoms with Crippen LogP contribution in [-0.4, -0.2) is 22.3 Å². The van der Waals surface area contributed by atoms with Gasteiger partial charge in [-0.05, 0) is 80.0 Å². The van der Waals surface area contributed by atoms with Crippen LogP contribution in [0.15, 0.2) is 0 Å². The monoisotopic (exact) mass is 318 g/mol. The molecule has 0 aromatic heterocycles. The van der Waals surface area contributed by atoms with Gasteiger partial charge < -0.3 is 10.2 Å². The zero-order valence-electron chi connectivity index (χ0n) is 14.6. The number of rotatable bonds is 1. The SMILES string of the molecule is C[C@@]12CCC[C@@](C)(C(=O)O)[C@H]1C[C@H](O)[C@@]13CC4[C@@H](C[C@@H]21)[C@@]4(C)C3. The minimum atomic E-state index is -0.650. The summed E-state index contributed by atoms with van der Waals surface area (Å²) in [5.41, 5.74) is 0.0736. The van der Waals surface area contributed by atoms with Crippen molar-refractivity contribution in [3.05, 3.63) is 0 Å². The van der Waals surface area contributed by atoms with Crippen LogP contribution in [0.25, 0.3) is 0 Å². The Bertz CT molecular complexity index is 602. The Morgan fingerprint density at radius 2 is 1.74 bits per heavy atom. The molecular weight excluding hydrogens is 288 g/mol. The highest BCUT2D eigenvalue weighted by Crippen LogP contribution is 2.85. The highest BCUT2D eigenvalue weighted by Gasteiger charge is 2.80. The molecule has 0 amide bonds. The predicted octanol–water partition coefficient (Wildman–Crippen LogP) is 3.70. The molecule has 128 valence electrons. The van der Waals surface area contributed by atoms with Crippen LogP contribution in [0.1, 0.15) is 65.7 Å². The minimum Gasteiger partial charge on any atom is -0.481 e. The molecule has 4 bridgehead atoms. The van der Waals surface area contributed by atoms with E-state index in [1.54, 1.807) is 0 Å². The van der Waals surface area contributed by atoms with Gasteiger partial charge in [-0.1, -0.05) is 20.3 Å². The van der Waals surface area contributed by atoms with E-state index >= 15 is 0 Å². The standard InChI is InChI=1S/C20H30O3/c1-17-5-4-6-18(2,16(22)23)13(17)8-15(21)20-9-12-11(7-14(17)20)19(12,3)10-20/h11-15,21H,4-10H2,1-3H3,(H,22,23)/t11-,12?,13+,14+,15+,17-,18-,19-,20-/m1/s1. The number of aliphatic carboxylic acids is 1. The van der Waals surface area contributed by atoms with E-state index in [0.717, 1.165) is 31.1 Å². The summed E-state index contributed by atoms with van der Waals surface area (Å²) in [5.74, 6) is 1.74. The Labute approximate surface area is 138 Å². The Hall–Kier alpha value is -0.570. The van der Waals surface area contributed by atoms with E-state index in [1.807, 2.05) is 6.92 Å². The lowest BCUT2D eigenvalue weighted by Crippen LogP contribution is -2.64. The molecule has 0 saturated heterocycles. The lowest BCUT2D eigenvalue weighted by Gasteiger charge is -2.66. The number of carboxylic acid groups (broad SMARTS) is 1. The highest BCUT2D eigenvalue weighted by molar-refractivity contribution is 5.75. The van der Waals surface area contributed by atoms with Crippen LogP contribution in [0.3, 0.4) is 0 Å². The van der Waals surface area contributed by atoms with Crippen LogP contribution < -0.4 is 0 Å². The van der Waals surface area contributed by atoms with Gasteiger partial charge in [-0.25, -0.2) is 0 Å². The number of fused-ring (bicyclic) bond motifs is 1. The van der Waals surface area contributed by atoms with Crippen molar-refractivity contribution in [3.63, 3.8) is 0 Å². The molecule has 6 rings (SSSR count). The van der Waals surface area contributed by atoms with E-state index in [1.165, 1.54) is 19.3 Å². The van der Waals surface area contributed by atoms with Crippen molar-refractivity contribution in [2.45, 2.75) is 71.8 Å². The molecule has 1 unspecified atom stereocenters. The first kappa shape index (κ1) is 14.7. The van der Waals surface area contributed by atoms with Crippen molar-refractivity contribution in [2.24, 2.45) is 45.3 Å². The Morgan fingerprint density at radius 1 is 1.00 bits per heavy atom. The number of hydrogen-bond donors (Lipinski definition) is 2. The highest BCUT2D eigenvalue weighted by atomic mass is 16.4. The van der Waals surface area contributed by atoms with Crippen molar-refractivity contribution < 1.29 is 15.0 Å². The minimum absolute atomic E-state index is 0.107. The maximum Gasteiger partial charge on any atom is 0.309 e. The molecule has 0 heterocycles. The third-order valence-electron chi connectivity index (χ3n) is 9.95. The van der Waals surface area contributed by atoms with E-state index < -0.39 is 11.4 Å².